The Balaban J connectivity index is 3.01. The maximum atomic E-state index is 11.4. The van der Waals surface area contributed by atoms with Gasteiger partial charge in [-0.15, -0.1) is 0 Å². The molecule has 0 atom stereocenters. The third kappa shape index (κ3) is 2.10. The molecular weight excluding hydrogens is 180 g/mol. The van der Waals surface area contributed by atoms with Crippen LogP contribution in [0.3, 0.4) is 0 Å². The van der Waals surface area contributed by atoms with E-state index in [4.69, 9.17) is 5.73 Å². The van der Waals surface area contributed by atoms with Crippen molar-refractivity contribution in [2.75, 3.05) is 0 Å². The number of primary amides is 1. The van der Waals surface area contributed by atoms with Crippen LogP contribution in [-0.4, -0.2) is 11.9 Å². The van der Waals surface area contributed by atoms with E-state index in [0.717, 1.165) is 11.1 Å². The van der Waals surface area contributed by atoms with E-state index >= 15 is 0 Å². The van der Waals surface area contributed by atoms with Crippen LogP contribution in [0.5, 0.6) is 0 Å². The average Bonchev–Trinajstić information content (AvgIpc) is 2.08. The van der Waals surface area contributed by atoms with E-state index in [0.29, 0.717) is 5.56 Å². The first-order chi connectivity index (χ1) is 6.52. The molecule has 1 aromatic carbocycles. The Morgan fingerprint density at radius 2 is 1.93 bits per heavy atom. The molecule has 1 aromatic rings. The Hall–Kier alpha value is -1.84. The third-order valence-electron chi connectivity index (χ3n) is 2.09. The van der Waals surface area contributed by atoms with Crippen LogP contribution in [0, 0.1) is 13.8 Å². The molecule has 14 heavy (non-hydrogen) atoms. The Morgan fingerprint density at radius 1 is 1.29 bits per heavy atom. The Labute approximate surface area is 82.1 Å². The summed E-state index contributed by atoms with van der Waals surface area (Å²) in [6.45, 7) is 3.72. The molecule has 0 aliphatic carbocycles. The minimum atomic E-state index is -0.837. The van der Waals surface area contributed by atoms with E-state index < -0.39 is 11.9 Å². The molecule has 0 spiro atoms. The van der Waals surface area contributed by atoms with Crippen LogP contribution in [0.15, 0.2) is 18.2 Å². The highest BCUT2D eigenvalue weighted by Crippen LogP contribution is 2.12. The van der Waals surface area contributed by atoms with Crippen LogP contribution in [0.4, 0.5) is 4.79 Å². The molecule has 3 amide bonds. The number of urea groups is 1. The zero-order valence-corrected chi connectivity index (χ0v) is 8.13. The summed E-state index contributed by atoms with van der Waals surface area (Å²) in [5.74, 6) is -0.460. The van der Waals surface area contributed by atoms with Crippen LogP contribution in [0.2, 0.25) is 0 Å². The van der Waals surface area contributed by atoms with Crippen molar-refractivity contribution in [1.82, 2.24) is 5.32 Å². The molecule has 0 bridgehead atoms. The van der Waals surface area contributed by atoms with Crippen LogP contribution in [0.1, 0.15) is 21.5 Å². The van der Waals surface area contributed by atoms with Gasteiger partial charge in [-0.05, 0) is 31.0 Å². The number of benzene rings is 1. The Morgan fingerprint density at radius 3 is 2.50 bits per heavy atom. The van der Waals surface area contributed by atoms with Crippen molar-refractivity contribution in [3.63, 3.8) is 0 Å². The number of rotatable bonds is 1. The number of aryl methyl sites for hydroxylation is 1. The lowest BCUT2D eigenvalue weighted by Crippen LogP contribution is -2.35. The van der Waals surface area contributed by atoms with E-state index in [1.54, 1.807) is 12.1 Å². The summed E-state index contributed by atoms with van der Waals surface area (Å²) < 4.78 is 0. The molecule has 1 rings (SSSR count). The van der Waals surface area contributed by atoms with Crippen LogP contribution >= 0.6 is 0 Å². The number of nitrogens with two attached hydrogens (primary N) is 1. The van der Waals surface area contributed by atoms with Crippen molar-refractivity contribution in [3.8, 4) is 0 Å². The summed E-state index contributed by atoms with van der Waals surface area (Å²) in [5.41, 5.74) is 7.18. The van der Waals surface area contributed by atoms with Crippen molar-refractivity contribution in [2.24, 2.45) is 5.73 Å². The standard InChI is InChI=1S/C10H12N2O2/c1-6-4-3-5-8(7(6)2)9(13)12-10(11)14/h3-5H,1-2H3,(H3,11,12,13,14). The molecule has 0 radical (unpaired) electrons. The van der Waals surface area contributed by atoms with E-state index in [1.807, 2.05) is 25.2 Å². The highest BCUT2D eigenvalue weighted by Gasteiger charge is 2.10. The van der Waals surface area contributed by atoms with Gasteiger partial charge in [-0.25, -0.2) is 4.79 Å². The minimum Gasteiger partial charge on any atom is -0.351 e. The predicted octanol–water partition coefficient (Wildman–Crippen LogP) is 1.11. The lowest BCUT2D eigenvalue weighted by Gasteiger charge is -2.06. The predicted molar refractivity (Wildman–Crippen MR) is 53.0 cm³/mol. The van der Waals surface area contributed by atoms with Gasteiger partial charge in [0, 0.05) is 5.56 Å². The van der Waals surface area contributed by atoms with Crippen LogP contribution in [0.25, 0.3) is 0 Å². The van der Waals surface area contributed by atoms with Gasteiger partial charge in [0.15, 0.2) is 0 Å². The molecule has 0 heterocycles. The van der Waals surface area contributed by atoms with Gasteiger partial charge in [-0.1, -0.05) is 12.1 Å². The lowest BCUT2D eigenvalue weighted by atomic mass is 10.0. The molecule has 0 aromatic heterocycles. The molecule has 0 saturated heterocycles. The number of hydrogen-bond donors (Lipinski definition) is 2. The highest BCUT2D eigenvalue weighted by molar-refractivity contribution is 6.04. The quantitative estimate of drug-likeness (QED) is 0.699. The van der Waals surface area contributed by atoms with Gasteiger partial charge < -0.3 is 5.73 Å². The van der Waals surface area contributed by atoms with Crippen molar-refractivity contribution in [3.05, 3.63) is 34.9 Å². The molecular formula is C10H12N2O2. The molecule has 0 unspecified atom stereocenters. The number of nitrogens with one attached hydrogen (secondary N) is 1. The van der Waals surface area contributed by atoms with Crippen molar-refractivity contribution in [1.29, 1.82) is 0 Å². The smallest absolute Gasteiger partial charge is 0.319 e. The van der Waals surface area contributed by atoms with E-state index in [1.165, 1.54) is 0 Å². The Bertz CT molecular complexity index is 386. The number of carbonyl (C=O) groups is 2. The molecule has 3 N–H and O–H groups in total. The zero-order chi connectivity index (χ0) is 10.7. The van der Waals surface area contributed by atoms with Gasteiger partial charge >= 0.3 is 6.03 Å². The van der Waals surface area contributed by atoms with Crippen molar-refractivity contribution in [2.45, 2.75) is 13.8 Å². The summed E-state index contributed by atoms with van der Waals surface area (Å²) in [7, 11) is 0. The second kappa shape index (κ2) is 3.91. The maximum absolute atomic E-state index is 11.4. The van der Waals surface area contributed by atoms with E-state index in [9.17, 15) is 9.59 Å². The molecule has 0 aliphatic rings. The Kier molecular flexibility index (Phi) is 2.86. The monoisotopic (exact) mass is 192 g/mol. The topological polar surface area (TPSA) is 72.2 Å². The van der Waals surface area contributed by atoms with E-state index in [2.05, 4.69) is 0 Å². The summed E-state index contributed by atoms with van der Waals surface area (Å²) in [6, 6.07) is 4.48. The maximum Gasteiger partial charge on any atom is 0.319 e. The summed E-state index contributed by atoms with van der Waals surface area (Å²) in [4.78, 5) is 21.9. The molecule has 0 aliphatic heterocycles. The van der Waals surface area contributed by atoms with Crippen molar-refractivity contribution >= 4 is 11.9 Å². The molecule has 0 saturated carbocycles. The summed E-state index contributed by atoms with van der Waals surface area (Å²) >= 11 is 0. The number of imide groups is 1. The second-order valence-electron chi connectivity index (χ2n) is 3.07. The van der Waals surface area contributed by atoms with Gasteiger partial charge in [-0.2, -0.15) is 0 Å². The first kappa shape index (κ1) is 10.2. The highest BCUT2D eigenvalue weighted by atomic mass is 16.2. The van der Waals surface area contributed by atoms with Crippen LogP contribution in [-0.2, 0) is 0 Å². The van der Waals surface area contributed by atoms with E-state index in [-0.39, 0.29) is 0 Å². The first-order valence-electron chi connectivity index (χ1n) is 4.19. The zero-order valence-electron chi connectivity index (χ0n) is 8.13. The van der Waals surface area contributed by atoms with Crippen LogP contribution < -0.4 is 11.1 Å². The second-order valence-corrected chi connectivity index (χ2v) is 3.07. The van der Waals surface area contributed by atoms with Gasteiger partial charge in [0.05, 0.1) is 0 Å². The molecule has 4 nitrogen and oxygen atoms in total. The minimum absolute atomic E-state index is 0.460. The fourth-order valence-corrected chi connectivity index (χ4v) is 1.18. The number of carbonyl (C=O) groups excluding carboxylic acids is 2. The van der Waals surface area contributed by atoms with Gasteiger partial charge in [0.25, 0.3) is 5.91 Å². The molecule has 74 valence electrons. The molecule has 0 fully saturated rings. The largest absolute Gasteiger partial charge is 0.351 e. The number of hydrogen-bond acceptors (Lipinski definition) is 2. The SMILES string of the molecule is Cc1cccc(C(=O)NC(N)=O)c1C. The normalized spacial score (nSPS) is 9.57. The van der Waals surface area contributed by atoms with Gasteiger partial charge in [-0.3, -0.25) is 10.1 Å². The van der Waals surface area contributed by atoms with Gasteiger partial charge in [0.2, 0.25) is 0 Å². The first-order valence-corrected chi connectivity index (χ1v) is 4.19. The average molecular weight is 192 g/mol. The fraction of sp³-hybridized carbons (Fsp3) is 0.200. The lowest BCUT2D eigenvalue weighted by molar-refractivity contribution is 0.0965. The summed E-state index contributed by atoms with van der Waals surface area (Å²) in [6.07, 6.45) is 0. The van der Waals surface area contributed by atoms with Gasteiger partial charge in [0.1, 0.15) is 0 Å². The third-order valence-corrected chi connectivity index (χ3v) is 2.09. The summed E-state index contributed by atoms with van der Waals surface area (Å²) in [5, 5.41) is 2.03. The van der Waals surface area contributed by atoms with Crippen molar-refractivity contribution < 1.29 is 9.59 Å². The molecule has 4 heteroatoms. The fourth-order valence-electron chi connectivity index (χ4n) is 1.18. The number of amides is 3.